The lowest BCUT2D eigenvalue weighted by molar-refractivity contribution is 0.410. The van der Waals surface area contributed by atoms with E-state index < -0.39 is 0 Å². The van der Waals surface area contributed by atoms with Crippen molar-refractivity contribution in [3.05, 3.63) is 58.6 Å². The fourth-order valence-electron chi connectivity index (χ4n) is 4.16. The van der Waals surface area contributed by atoms with Crippen LogP contribution in [0.15, 0.2) is 47.5 Å². The Morgan fingerprint density at radius 2 is 1.93 bits per heavy atom. The van der Waals surface area contributed by atoms with E-state index in [1.165, 1.54) is 5.56 Å². The molecular weight excluding hydrogens is 382 g/mol. The molecule has 2 aliphatic rings. The van der Waals surface area contributed by atoms with Crippen LogP contribution in [0.2, 0.25) is 5.02 Å². The maximum Gasteiger partial charge on any atom is 0.128 e. The molecule has 0 aromatic heterocycles. The summed E-state index contributed by atoms with van der Waals surface area (Å²) in [5, 5.41) is 11.8. The number of nitrogens with one attached hydrogen (secondary N) is 3. The van der Waals surface area contributed by atoms with E-state index in [4.69, 9.17) is 16.6 Å². The Bertz CT molecular complexity index is 887. The lowest BCUT2D eigenvalue weighted by Gasteiger charge is -2.43. The normalized spacial score (nSPS) is 17.6. The third kappa shape index (κ3) is 4.58. The lowest BCUT2D eigenvalue weighted by Crippen LogP contribution is -2.58. The zero-order valence-corrected chi connectivity index (χ0v) is 18.0. The van der Waals surface area contributed by atoms with Gasteiger partial charge in [0.1, 0.15) is 5.84 Å². The Balaban J connectivity index is 1.65. The number of amidine groups is 1. The standard InChI is InChI=1S/C23H30ClN5/c1-29(2)14-9-18-6-4-8-20-21(18)27-22(23(28-20)10-12-25-13-11-23)26-16-17-5-3-7-19(24)15-17/h3-8,15,25,28H,9-14,16H2,1-2H3,(H,26,27). The van der Waals surface area contributed by atoms with E-state index in [-0.39, 0.29) is 5.54 Å². The molecule has 154 valence electrons. The average Bonchev–Trinajstić information content (AvgIpc) is 2.71. The van der Waals surface area contributed by atoms with E-state index in [9.17, 15) is 0 Å². The van der Waals surface area contributed by atoms with Gasteiger partial charge in [-0.25, -0.2) is 4.99 Å². The number of fused-ring (bicyclic) bond motifs is 1. The fraction of sp³-hybridized carbons (Fsp3) is 0.435. The second-order valence-corrected chi connectivity index (χ2v) is 8.70. The van der Waals surface area contributed by atoms with Crippen LogP contribution in [0, 0.1) is 0 Å². The van der Waals surface area contributed by atoms with Gasteiger partial charge in [0.2, 0.25) is 0 Å². The van der Waals surface area contributed by atoms with Crippen molar-refractivity contribution in [2.75, 3.05) is 39.0 Å². The summed E-state index contributed by atoms with van der Waals surface area (Å²) < 4.78 is 0. The van der Waals surface area contributed by atoms with Crippen LogP contribution in [0.25, 0.3) is 0 Å². The molecule has 4 rings (SSSR count). The number of aliphatic imine (C=N–C) groups is 1. The van der Waals surface area contributed by atoms with E-state index in [2.05, 4.69) is 59.2 Å². The third-order valence-corrected chi connectivity index (χ3v) is 6.04. The van der Waals surface area contributed by atoms with Gasteiger partial charge in [-0.2, -0.15) is 0 Å². The number of rotatable bonds is 5. The summed E-state index contributed by atoms with van der Waals surface area (Å²) in [6.07, 6.45) is 3.00. The Hall–Kier alpha value is -2.08. The van der Waals surface area contributed by atoms with E-state index in [0.717, 1.165) is 66.7 Å². The molecule has 2 aromatic carbocycles. The van der Waals surface area contributed by atoms with Crippen LogP contribution in [-0.4, -0.2) is 50.0 Å². The van der Waals surface area contributed by atoms with Crippen LogP contribution < -0.4 is 16.0 Å². The zero-order chi connectivity index (χ0) is 20.3. The number of hydrogen-bond donors (Lipinski definition) is 3. The molecule has 0 radical (unpaired) electrons. The molecule has 0 aliphatic carbocycles. The van der Waals surface area contributed by atoms with Gasteiger partial charge in [-0.3, -0.25) is 0 Å². The average molecular weight is 412 g/mol. The van der Waals surface area contributed by atoms with Crippen LogP contribution in [0.4, 0.5) is 11.4 Å². The summed E-state index contributed by atoms with van der Waals surface area (Å²) in [6, 6.07) is 14.5. The molecule has 2 heterocycles. The molecule has 1 spiro atoms. The number of para-hydroxylation sites is 1. The maximum atomic E-state index is 6.17. The van der Waals surface area contributed by atoms with E-state index >= 15 is 0 Å². The van der Waals surface area contributed by atoms with Gasteiger partial charge in [-0.1, -0.05) is 35.9 Å². The molecule has 0 bridgehead atoms. The number of likely N-dealkylation sites (N-methyl/N-ethyl adjacent to an activating group) is 1. The quantitative estimate of drug-likeness (QED) is 0.700. The minimum Gasteiger partial charge on any atom is -0.371 e. The first kappa shape index (κ1) is 20.2. The number of nitrogens with zero attached hydrogens (tertiary/aromatic N) is 2. The topological polar surface area (TPSA) is 51.7 Å². The van der Waals surface area contributed by atoms with Crippen molar-refractivity contribution in [1.29, 1.82) is 0 Å². The number of benzene rings is 2. The van der Waals surface area contributed by atoms with Gasteiger partial charge in [0.25, 0.3) is 0 Å². The predicted octanol–water partition coefficient (Wildman–Crippen LogP) is 3.81. The molecule has 2 aromatic rings. The summed E-state index contributed by atoms with van der Waals surface area (Å²) in [6.45, 7) is 3.69. The summed E-state index contributed by atoms with van der Waals surface area (Å²) in [5.41, 5.74) is 4.53. The van der Waals surface area contributed by atoms with Crippen molar-refractivity contribution < 1.29 is 0 Å². The molecule has 1 saturated heterocycles. The molecular formula is C23H30ClN5. The minimum atomic E-state index is -0.142. The van der Waals surface area contributed by atoms with Crippen molar-refractivity contribution in [2.45, 2.75) is 31.3 Å². The van der Waals surface area contributed by atoms with Crippen molar-refractivity contribution in [1.82, 2.24) is 15.5 Å². The summed E-state index contributed by atoms with van der Waals surface area (Å²) >= 11 is 6.17. The van der Waals surface area contributed by atoms with Crippen molar-refractivity contribution >= 4 is 28.8 Å². The Morgan fingerprint density at radius 3 is 2.69 bits per heavy atom. The second kappa shape index (κ2) is 8.74. The monoisotopic (exact) mass is 411 g/mol. The van der Waals surface area contributed by atoms with E-state index in [0.29, 0.717) is 6.54 Å². The number of piperidine rings is 1. The number of anilines is 1. The number of halogens is 1. The van der Waals surface area contributed by atoms with Crippen LogP contribution in [0.5, 0.6) is 0 Å². The largest absolute Gasteiger partial charge is 0.371 e. The molecule has 0 unspecified atom stereocenters. The predicted molar refractivity (Wildman–Crippen MR) is 123 cm³/mol. The highest BCUT2D eigenvalue weighted by molar-refractivity contribution is 6.30. The second-order valence-electron chi connectivity index (χ2n) is 8.27. The molecule has 3 N–H and O–H groups in total. The Labute approximate surface area is 178 Å². The van der Waals surface area contributed by atoms with E-state index in [1.54, 1.807) is 0 Å². The van der Waals surface area contributed by atoms with Gasteiger partial charge >= 0.3 is 0 Å². The SMILES string of the molecule is CN(C)CCc1cccc2c1N=C(NCc1cccc(Cl)c1)C1(CCNCC1)N2. The van der Waals surface area contributed by atoms with Crippen LogP contribution in [0.3, 0.4) is 0 Å². The minimum absolute atomic E-state index is 0.142. The van der Waals surface area contributed by atoms with Gasteiger partial charge in [0.15, 0.2) is 0 Å². The zero-order valence-electron chi connectivity index (χ0n) is 17.3. The molecule has 5 nitrogen and oxygen atoms in total. The summed E-state index contributed by atoms with van der Waals surface area (Å²) in [5.74, 6) is 1.05. The highest BCUT2D eigenvalue weighted by Gasteiger charge is 2.40. The van der Waals surface area contributed by atoms with Crippen molar-refractivity contribution in [3.8, 4) is 0 Å². The first-order valence-electron chi connectivity index (χ1n) is 10.4. The van der Waals surface area contributed by atoms with Crippen molar-refractivity contribution in [2.24, 2.45) is 4.99 Å². The highest BCUT2D eigenvalue weighted by atomic mass is 35.5. The first-order valence-corrected chi connectivity index (χ1v) is 10.8. The van der Waals surface area contributed by atoms with Gasteiger partial charge < -0.3 is 20.9 Å². The smallest absolute Gasteiger partial charge is 0.128 e. The lowest BCUT2D eigenvalue weighted by atomic mass is 9.84. The molecule has 0 amide bonds. The molecule has 1 fully saturated rings. The highest BCUT2D eigenvalue weighted by Crippen LogP contribution is 2.39. The fourth-order valence-corrected chi connectivity index (χ4v) is 4.38. The molecule has 6 heteroatoms. The van der Waals surface area contributed by atoms with Crippen molar-refractivity contribution in [3.63, 3.8) is 0 Å². The molecule has 0 saturated carbocycles. The van der Waals surface area contributed by atoms with Crippen LogP contribution in [-0.2, 0) is 13.0 Å². The third-order valence-electron chi connectivity index (χ3n) is 5.80. The molecule has 2 aliphatic heterocycles. The van der Waals surface area contributed by atoms with Gasteiger partial charge in [-0.15, -0.1) is 0 Å². The van der Waals surface area contributed by atoms with Crippen LogP contribution in [0.1, 0.15) is 24.0 Å². The summed E-state index contributed by atoms with van der Waals surface area (Å²) in [4.78, 5) is 7.42. The number of hydrogen-bond acceptors (Lipinski definition) is 5. The van der Waals surface area contributed by atoms with Crippen LogP contribution >= 0.6 is 11.6 Å². The van der Waals surface area contributed by atoms with Gasteiger partial charge in [0.05, 0.1) is 16.9 Å². The molecule has 0 atom stereocenters. The first-order chi connectivity index (χ1) is 14.1. The Kier molecular flexibility index (Phi) is 6.09. The van der Waals surface area contributed by atoms with Gasteiger partial charge in [0, 0.05) is 18.1 Å². The summed E-state index contributed by atoms with van der Waals surface area (Å²) in [7, 11) is 4.22. The molecule has 29 heavy (non-hydrogen) atoms. The maximum absolute atomic E-state index is 6.17. The van der Waals surface area contributed by atoms with E-state index in [1.807, 2.05) is 18.2 Å². The Morgan fingerprint density at radius 1 is 1.14 bits per heavy atom. The van der Waals surface area contributed by atoms with Gasteiger partial charge in [-0.05, 0) is 75.8 Å².